The Morgan fingerprint density at radius 1 is 0.714 bits per heavy atom. The van der Waals surface area contributed by atoms with Crippen LogP contribution in [-0.2, 0) is 0 Å². The smallest absolute Gasteiger partial charge is 0.135 e. The molecule has 0 spiro atoms. The summed E-state index contributed by atoms with van der Waals surface area (Å²) in [5.41, 5.74) is 3.84. The van der Waals surface area contributed by atoms with Crippen molar-refractivity contribution in [3.8, 4) is 0 Å². The van der Waals surface area contributed by atoms with Crippen molar-refractivity contribution < 1.29 is 10.6 Å². The highest BCUT2D eigenvalue weighted by Gasteiger charge is 2.08. The molecule has 4 N–H and O–H groups in total. The molecule has 2 nitrogen and oxygen atoms in total. The highest BCUT2D eigenvalue weighted by molar-refractivity contribution is 5.41. The number of nitrogens with two attached hydrogens (primary N) is 2. The summed E-state index contributed by atoms with van der Waals surface area (Å²) >= 11 is 0. The first-order chi connectivity index (χ1) is 10.1. The minimum Gasteiger partial charge on any atom is -0.312 e. The Hall–Kier alpha value is -1.64. The molecule has 0 amide bonds. The molecule has 0 heterocycles. The number of rotatable bonds is 7. The summed E-state index contributed by atoms with van der Waals surface area (Å²) in [6.07, 6.45) is 2.58. The molecular formula is C19H28N2+2. The summed E-state index contributed by atoms with van der Waals surface area (Å²) in [5, 5.41) is 4.60. The van der Waals surface area contributed by atoms with Crippen LogP contribution < -0.4 is 10.6 Å². The summed E-state index contributed by atoms with van der Waals surface area (Å²) in [6.45, 7) is 6.90. The number of benzene rings is 2. The van der Waals surface area contributed by atoms with Gasteiger partial charge < -0.3 is 5.32 Å². The maximum Gasteiger partial charge on any atom is 0.135 e. The van der Waals surface area contributed by atoms with Crippen LogP contribution in [0.1, 0.15) is 33.6 Å². The van der Waals surface area contributed by atoms with Crippen LogP contribution in [0, 0.1) is 5.92 Å². The van der Waals surface area contributed by atoms with Crippen LogP contribution in [0.15, 0.2) is 54.6 Å². The van der Waals surface area contributed by atoms with Crippen molar-refractivity contribution in [2.24, 2.45) is 5.92 Å². The molecule has 2 rings (SSSR count). The van der Waals surface area contributed by atoms with Gasteiger partial charge in [-0.25, -0.2) is 0 Å². The molecule has 2 aromatic rings. The Balaban J connectivity index is 1.87. The molecule has 2 aromatic carbocycles. The van der Waals surface area contributed by atoms with Crippen molar-refractivity contribution in [1.82, 2.24) is 0 Å². The van der Waals surface area contributed by atoms with E-state index in [9.17, 15) is 0 Å². The van der Waals surface area contributed by atoms with E-state index in [1.807, 2.05) is 6.07 Å². The number of hydrogen-bond donors (Lipinski definition) is 2. The predicted octanol–water partition coefficient (Wildman–Crippen LogP) is 3.23. The largest absolute Gasteiger partial charge is 0.312 e. The second kappa shape index (κ2) is 7.96. The van der Waals surface area contributed by atoms with Crippen molar-refractivity contribution in [1.29, 1.82) is 0 Å². The van der Waals surface area contributed by atoms with E-state index in [1.54, 1.807) is 0 Å². The second-order valence-electron chi connectivity index (χ2n) is 6.34. The molecule has 0 aromatic heterocycles. The molecule has 0 saturated heterocycles. The van der Waals surface area contributed by atoms with Crippen molar-refractivity contribution >= 4 is 17.1 Å². The topological polar surface area (TPSA) is 33.2 Å². The van der Waals surface area contributed by atoms with Gasteiger partial charge in [0.15, 0.2) is 0 Å². The van der Waals surface area contributed by atoms with Gasteiger partial charge in [-0.3, -0.25) is 5.32 Å². The highest BCUT2D eigenvalue weighted by Crippen LogP contribution is 2.09. The van der Waals surface area contributed by atoms with Gasteiger partial charge in [0.25, 0.3) is 0 Å². The van der Waals surface area contributed by atoms with Crippen molar-refractivity contribution in [3.05, 3.63) is 54.6 Å². The van der Waals surface area contributed by atoms with Crippen LogP contribution >= 0.6 is 0 Å². The van der Waals surface area contributed by atoms with E-state index in [4.69, 9.17) is 0 Å². The van der Waals surface area contributed by atoms with Crippen LogP contribution in [0.3, 0.4) is 0 Å². The summed E-state index contributed by atoms with van der Waals surface area (Å²) in [5.74, 6) is 0.795. The molecule has 0 fully saturated rings. The molecule has 21 heavy (non-hydrogen) atoms. The Kier molecular flexibility index (Phi) is 5.97. The lowest BCUT2D eigenvalue weighted by Crippen LogP contribution is -2.83. The molecule has 0 aliphatic carbocycles. The molecule has 0 aliphatic heterocycles. The van der Waals surface area contributed by atoms with Crippen LogP contribution in [0.2, 0.25) is 0 Å². The molecular weight excluding hydrogens is 256 g/mol. The first kappa shape index (κ1) is 15.7. The lowest BCUT2D eigenvalue weighted by Gasteiger charge is -2.11. The van der Waals surface area contributed by atoms with Gasteiger partial charge in [0.05, 0.1) is 6.04 Å². The third kappa shape index (κ3) is 5.70. The molecule has 0 aliphatic rings. The zero-order valence-electron chi connectivity index (χ0n) is 13.4. The summed E-state index contributed by atoms with van der Waals surface area (Å²) in [6, 6.07) is 20.0. The molecule has 0 saturated carbocycles. The molecule has 0 bridgehead atoms. The minimum absolute atomic E-state index is 0.649. The van der Waals surface area contributed by atoms with Gasteiger partial charge in [0.2, 0.25) is 0 Å². The SMILES string of the molecule is CC(C)CCC(C)[NH2+]c1ccc([NH2+]c2ccccc2)cc1. The van der Waals surface area contributed by atoms with Crippen LogP contribution in [0.25, 0.3) is 0 Å². The van der Waals surface area contributed by atoms with Gasteiger partial charge in [0.1, 0.15) is 17.1 Å². The van der Waals surface area contributed by atoms with Gasteiger partial charge in [-0.2, -0.15) is 0 Å². The molecule has 112 valence electrons. The first-order valence-electron chi connectivity index (χ1n) is 7.98. The van der Waals surface area contributed by atoms with E-state index >= 15 is 0 Å². The maximum atomic E-state index is 2.38. The number of quaternary nitrogens is 2. The lowest BCUT2D eigenvalue weighted by atomic mass is 10.0. The van der Waals surface area contributed by atoms with E-state index in [-0.39, 0.29) is 0 Å². The molecule has 0 radical (unpaired) electrons. The van der Waals surface area contributed by atoms with E-state index in [1.165, 1.54) is 29.9 Å². The third-order valence-electron chi connectivity index (χ3n) is 3.75. The fraction of sp³-hybridized carbons (Fsp3) is 0.368. The first-order valence-corrected chi connectivity index (χ1v) is 7.98. The average Bonchev–Trinajstić information content (AvgIpc) is 2.48. The predicted molar refractivity (Wildman–Crippen MR) is 89.2 cm³/mol. The normalized spacial score (nSPS) is 12.6. The summed E-state index contributed by atoms with van der Waals surface area (Å²) in [7, 11) is 0. The zero-order chi connectivity index (χ0) is 15.1. The van der Waals surface area contributed by atoms with E-state index < -0.39 is 0 Å². The van der Waals surface area contributed by atoms with E-state index in [0.29, 0.717) is 6.04 Å². The number of para-hydroxylation sites is 1. The third-order valence-corrected chi connectivity index (χ3v) is 3.75. The second-order valence-corrected chi connectivity index (χ2v) is 6.34. The van der Waals surface area contributed by atoms with Crippen molar-refractivity contribution in [2.75, 3.05) is 0 Å². The van der Waals surface area contributed by atoms with Crippen LogP contribution in [0.4, 0.5) is 17.1 Å². The zero-order valence-corrected chi connectivity index (χ0v) is 13.4. The van der Waals surface area contributed by atoms with E-state index in [0.717, 1.165) is 5.92 Å². The van der Waals surface area contributed by atoms with Crippen LogP contribution in [-0.4, -0.2) is 6.04 Å². The molecule has 2 heteroatoms. The van der Waals surface area contributed by atoms with Crippen molar-refractivity contribution in [3.63, 3.8) is 0 Å². The Morgan fingerprint density at radius 2 is 1.29 bits per heavy atom. The monoisotopic (exact) mass is 284 g/mol. The van der Waals surface area contributed by atoms with Gasteiger partial charge in [-0.1, -0.05) is 32.0 Å². The Labute approximate surface area is 128 Å². The van der Waals surface area contributed by atoms with E-state index in [2.05, 4.69) is 79.9 Å². The fourth-order valence-corrected chi connectivity index (χ4v) is 2.45. The van der Waals surface area contributed by atoms with Gasteiger partial charge in [0, 0.05) is 24.3 Å². The summed E-state index contributed by atoms with van der Waals surface area (Å²) in [4.78, 5) is 0. The molecule has 1 atom stereocenters. The Bertz CT molecular complexity index is 517. The minimum atomic E-state index is 0.649. The van der Waals surface area contributed by atoms with Gasteiger partial charge >= 0.3 is 0 Å². The van der Waals surface area contributed by atoms with Gasteiger partial charge in [-0.15, -0.1) is 0 Å². The highest BCUT2D eigenvalue weighted by atomic mass is 14.9. The summed E-state index contributed by atoms with van der Waals surface area (Å²) < 4.78 is 0. The lowest BCUT2D eigenvalue weighted by molar-refractivity contribution is -0.608. The van der Waals surface area contributed by atoms with Crippen molar-refractivity contribution in [2.45, 2.75) is 39.7 Å². The standard InChI is InChI=1S/C19H26N2/c1-15(2)9-10-16(3)20-18-11-13-19(14-12-18)21-17-7-5-4-6-8-17/h4-8,11-16,20-21H,9-10H2,1-3H3/p+2. The quantitative estimate of drug-likeness (QED) is 0.732. The molecule has 1 unspecified atom stereocenters. The Morgan fingerprint density at radius 3 is 1.90 bits per heavy atom. The fourth-order valence-electron chi connectivity index (χ4n) is 2.45. The number of hydrogen-bond acceptors (Lipinski definition) is 0. The van der Waals surface area contributed by atoms with Crippen LogP contribution in [0.5, 0.6) is 0 Å². The maximum absolute atomic E-state index is 2.38. The average molecular weight is 284 g/mol. The van der Waals surface area contributed by atoms with Gasteiger partial charge in [-0.05, 0) is 37.8 Å².